The second-order valence-electron chi connectivity index (χ2n) is 6.90. The quantitative estimate of drug-likeness (QED) is 0.887. The molecular formula is C18H22N4O2. The van der Waals surface area contributed by atoms with E-state index in [2.05, 4.69) is 9.97 Å². The molecule has 3 aliphatic rings. The molecule has 0 aliphatic carbocycles. The first-order chi connectivity index (χ1) is 11.6. The number of nitrogens with one attached hydrogen (secondary N) is 2. The lowest BCUT2D eigenvalue weighted by atomic mass is 9.89. The van der Waals surface area contributed by atoms with Gasteiger partial charge in [0.2, 0.25) is 0 Å². The zero-order valence-electron chi connectivity index (χ0n) is 14.0. The number of aromatic nitrogens is 2. The highest BCUT2D eigenvalue weighted by molar-refractivity contribution is 5.97. The maximum Gasteiger partial charge on any atom is 0.256 e. The van der Waals surface area contributed by atoms with Gasteiger partial charge < -0.3 is 19.8 Å². The van der Waals surface area contributed by atoms with E-state index in [9.17, 15) is 9.59 Å². The van der Waals surface area contributed by atoms with Gasteiger partial charge in [-0.15, -0.1) is 0 Å². The molecule has 2 unspecified atom stereocenters. The lowest BCUT2D eigenvalue weighted by molar-refractivity contribution is -0.00612. The summed E-state index contributed by atoms with van der Waals surface area (Å²) >= 11 is 0. The summed E-state index contributed by atoms with van der Waals surface area (Å²) in [6, 6.07) is 0.222. The van der Waals surface area contributed by atoms with E-state index >= 15 is 0 Å². The summed E-state index contributed by atoms with van der Waals surface area (Å²) in [6.07, 6.45) is 9.17. The number of nitrogens with zero attached hydrogens (tertiary/aromatic N) is 2. The lowest BCUT2D eigenvalue weighted by Crippen LogP contribution is -2.65. The minimum atomic E-state index is 0.0772. The molecule has 0 radical (unpaired) electrons. The van der Waals surface area contributed by atoms with Gasteiger partial charge in [0.05, 0.1) is 11.1 Å². The third-order valence-corrected chi connectivity index (χ3v) is 5.42. The van der Waals surface area contributed by atoms with Crippen molar-refractivity contribution in [3.8, 4) is 0 Å². The summed E-state index contributed by atoms with van der Waals surface area (Å²) in [5.74, 6) is 0.154. The number of aromatic amines is 2. The second-order valence-corrected chi connectivity index (χ2v) is 6.90. The predicted molar refractivity (Wildman–Crippen MR) is 89.9 cm³/mol. The molecule has 2 bridgehead atoms. The van der Waals surface area contributed by atoms with Crippen molar-refractivity contribution in [3.05, 3.63) is 47.0 Å². The molecule has 0 spiro atoms. The molecule has 5 rings (SSSR count). The molecule has 2 atom stereocenters. The normalized spacial score (nSPS) is 22.9. The fraction of sp³-hybridized carbons (Fsp3) is 0.444. The molecule has 3 fully saturated rings. The number of aryl methyl sites for hydroxylation is 2. The first-order valence-electron chi connectivity index (χ1n) is 8.45. The predicted octanol–water partition coefficient (Wildman–Crippen LogP) is 2.09. The van der Waals surface area contributed by atoms with E-state index in [0.717, 1.165) is 35.1 Å². The lowest BCUT2D eigenvalue weighted by Gasteiger charge is -2.51. The molecule has 2 aromatic rings. The van der Waals surface area contributed by atoms with Crippen LogP contribution in [0.15, 0.2) is 24.8 Å². The van der Waals surface area contributed by atoms with Gasteiger partial charge in [0.15, 0.2) is 0 Å². The van der Waals surface area contributed by atoms with Gasteiger partial charge in [0.1, 0.15) is 0 Å². The van der Waals surface area contributed by atoms with Crippen LogP contribution in [0, 0.1) is 13.8 Å². The Hall–Kier alpha value is -2.50. The topological polar surface area (TPSA) is 72.2 Å². The smallest absolute Gasteiger partial charge is 0.256 e. The maximum absolute atomic E-state index is 12.8. The zero-order chi connectivity index (χ0) is 16.8. The van der Waals surface area contributed by atoms with Crippen LogP contribution in [0.25, 0.3) is 0 Å². The third kappa shape index (κ3) is 2.25. The van der Waals surface area contributed by atoms with Crippen molar-refractivity contribution in [1.82, 2.24) is 19.8 Å². The summed E-state index contributed by atoms with van der Waals surface area (Å²) in [4.78, 5) is 35.6. The number of carbonyl (C=O) groups excluding carboxylic acids is 2. The monoisotopic (exact) mass is 326 g/mol. The Balaban J connectivity index is 1.54. The molecule has 126 valence electrons. The summed E-state index contributed by atoms with van der Waals surface area (Å²) in [5, 5.41) is 0. The van der Waals surface area contributed by atoms with E-state index in [0.29, 0.717) is 13.1 Å². The number of fused-ring (bicyclic) bond motifs is 3. The molecule has 0 saturated carbocycles. The van der Waals surface area contributed by atoms with Gasteiger partial charge in [-0.05, 0) is 37.8 Å². The highest BCUT2D eigenvalue weighted by atomic mass is 16.2. The maximum atomic E-state index is 12.8. The first-order valence-corrected chi connectivity index (χ1v) is 8.45. The first kappa shape index (κ1) is 15.1. The Kier molecular flexibility index (Phi) is 3.48. The van der Waals surface area contributed by atoms with E-state index in [1.807, 2.05) is 36.0 Å². The van der Waals surface area contributed by atoms with E-state index in [4.69, 9.17) is 0 Å². The Morgan fingerprint density at radius 1 is 0.833 bits per heavy atom. The molecule has 5 heterocycles. The molecule has 6 nitrogen and oxygen atoms in total. The van der Waals surface area contributed by atoms with E-state index in [1.165, 1.54) is 0 Å². The highest BCUT2D eigenvalue weighted by Gasteiger charge is 2.43. The van der Waals surface area contributed by atoms with Crippen LogP contribution in [0.1, 0.15) is 44.7 Å². The van der Waals surface area contributed by atoms with Crippen LogP contribution >= 0.6 is 0 Å². The Morgan fingerprint density at radius 3 is 1.54 bits per heavy atom. The Morgan fingerprint density at radius 2 is 1.25 bits per heavy atom. The van der Waals surface area contributed by atoms with Crippen molar-refractivity contribution in [2.45, 2.75) is 38.8 Å². The number of piperidine rings is 2. The van der Waals surface area contributed by atoms with Crippen molar-refractivity contribution >= 4 is 11.8 Å². The molecule has 3 saturated heterocycles. The van der Waals surface area contributed by atoms with Gasteiger partial charge in [0.25, 0.3) is 11.8 Å². The standard InChI is InChI=1S/C18H22N4O2/c1-11-5-19-7-15(11)17(23)21-9-14-4-3-13(21)10-22(14)18(24)16-8-20-6-12(16)2/h5-8,13-14,19-20H,3-4,9-10H2,1-2H3. The number of hydrogen-bond donors (Lipinski definition) is 2. The average molecular weight is 326 g/mol. The van der Waals surface area contributed by atoms with E-state index in [-0.39, 0.29) is 23.9 Å². The van der Waals surface area contributed by atoms with Crippen molar-refractivity contribution in [2.24, 2.45) is 0 Å². The average Bonchev–Trinajstić information content (AvgIpc) is 3.22. The minimum Gasteiger partial charge on any atom is -0.367 e. The zero-order valence-corrected chi connectivity index (χ0v) is 14.0. The van der Waals surface area contributed by atoms with Crippen LogP contribution in [-0.4, -0.2) is 56.8 Å². The van der Waals surface area contributed by atoms with Gasteiger partial charge in [-0.25, -0.2) is 0 Å². The summed E-state index contributed by atoms with van der Waals surface area (Å²) < 4.78 is 0. The highest BCUT2D eigenvalue weighted by Crippen LogP contribution is 2.31. The Bertz CT molecular complexity index is 724. The van der Waals surface area contributed by atoms with Crippen molar-refractivity contribution in [3.63, 3.8) is 0 Å². The van der Waals surface area contributed by atoms with Gasteiger partial charge in [-0.1, -0.05) is 0 Å². The number of amides is 2. The van der Waals surface area contributed by atoms with Crippen LogP contribution in [-0.2, 0) is 0 Å². The summed E-state index contributed by atoms with van der Waals surface area (Å²) in [5.41, 5.74) is 3.42. The van der Waals surface area contributed by atoms with Crippen LogP contribution < -0.4 is 0 Å². The van der Waals surface area contributed by atoms with Gasteiger partial charge in [0, 0.05) is 50.0 Å². The fourth-order valence-corrected chi connectivity index (χ4v) is 3.98. The van der Waals surface area contributed by atoms with Crippen molar-refractivity contribution in [2.75, 3.05) is 13.1 Å². The molecule has 24 heavy (non-hydrogen) atoms. The van der Waals surface area contributed by atoms with E-state index in [1.54, 1.807) is 12.4 Å². The van der Waals surface area contributed by atoms with Crippen LogP contribution in [0.4, 0.5) is 0 Å². The summed E-state index contributed by atoms with van der Waals surface area (Å²) in [7, 11) is 0. The molecule has 2 N–H and O–H groups in total. The van der Waals surface area contributed by atoms with Gasteiger partial charge in [-0.3, -0.25) is 9.59 Å². The SMILES string of the molecule is Cc1c[nH]cc1C(=O)N1CC2CCC1CN2C(=O)c1c[nH]cc1C. The molecule has 2 amide bonds. The number of piperazine rings is 1. The van der Waals surface area contributed by atoms with Gasteiger partial charge in [-0.2, -0.15) is 0 Å². The number of rotatable bonds is 2. The molecule has 3 aliphatic heterocycles. The third-order valence-electron chi connectivity index (χ3n) is 5.42. The molecule has 0 aromatic carbocycles. The summed E-state index contributed by atoms with van der Waals surface area (Å²) in [6.45, 7) is 5.14. The Labute approximate surface area is 140 Å². The second kappa shape index (κ2) is 5.54. The number of H-pyrrole nitrogens is 2. The largest absolute Gasteiger partial charge is 0.367 e. The van der Waals surface area contributed by atoms with E-state index < -0.39 is 0 Å². The molecule has 2 aromatic heterocycles. The minimum absolute atomic E-state index is 0.0772. The fourth-order valence-electron chi connectivity index (χ4n) is 3.98. The van der Waals surface area contributed by atoms with Gasteiger partial charge >= 0.3 is 0 Å². The van der Waals surface area contributed by atoms with Crippen LogP contribution in [0.5, 0.6) is 0 Å². The number of hydrogen-bond acceptors (Lipinski definition) is 2. The van der Waals surface area contributed by atoms with Crippen LogP contribution in [0.3, 0.4) is 0 Å². The number of carbonyl (C=O) groups is 2. The van der Waals surface area contributed by atoms with Crippen LogP contribution in [0.2, 0.25) is 0 Å². The van der Waals surface area contributed by atoms with Crippen molar-refractivity contribution in [1.29, 1.82) is 0 Å². The molecular weight excluding hydrogens is 304 g/mol. The molecule has 6 heteroatoms. The van der Waals surface area contributed by atoms with Crippen molar-refractivity contribution < 1.29 is 9.59 Å².